The molecule has 1 aromatic carbocycles. The third-order valence-electron chi connectivity index (χ3n) is 4.67. The topological polar surface area (TPSA) is 107 Å². The van der Waals surface area contributed by atoms with Crippen LogP contribution in [0.3, 0.4) is 0 Å². The Kier molecular flexibility index (Phi) is 5.74. The van der Waals surface area contributed by atoms with Crippen molar-refractivity contribution in [2.75, 3.05) is 13.1 Å². The molecule has 27 heavy (non-hydrogen) atoms. The fourth-order valence-corrected chi connectivity index (χ4v) is 5.70. The monoisotopic (exact) mass is 449 g/mol. The molecule has 0 fully saturated rings. The molecule has 0 saturated heterocycles. The summed E-state index contributed by atoms with van der Waals surface area (Å²) >= 11 is 3.47. The second-order valence-corrected chi connectivity index (χ2v) is 10.2. The van der Waals surface area contributed by atoms with Gasteiger partial charge in [-0.1, -0.05) is 50.9 Å². The van der Waals surface area contributed by atoms with E-state index in [0.29, 0.717) is 31.4 Å². The van der Waals surface area contributed by atoms with Crippen LogP contribution in [0.4, 0.5) is 0 Å². The summed E-state index contributed by atoms with van der Waals surface area (Å²) in [6, 6.07) is 7.93. The Hall–Kier alpha value is -2.09. The van der Waals surface area contributed by atoms with E-state index in [-0.39, 0.29) is 11.6 Å². The van der Waals surface area contributed by atoms with Crippen LogP contribution >= 0.6 is 15.9 Å². The first-order chi connectivity index (χ1) is 12.8. The number of allylic oxidation sites excluding steroid dienone is 1. The Morgan fingerprint density at radius 1 is 1.44 bits per heavy atom. The highest BCUT2D eigenvalue weighted by Gasteiger charge is 2.43. The maximum Gasteiger partial charge on any atom is 0.202 e. The van der Waals surface area contributed by atoms with Crippen molar-refractivity contribution in [1.29, 1.82) is 0 Å². The van der Waals surface area contributed by atoms with Crippen molar-refractivity contribution in [1.82, 2.24) is 5.43 Å². The van der Waals surface area contributed by atoms with Gasteiger partial charge < -0.3 is 5.43 Å². The van der Waals surface area contributed by atoms with Crippen LogP contribution in [-0.4, -0.2) is 31.3 Å². The van der Waals surface area contributed by atoms with E-state index in [4.69, 9.17) is 5.53 Å². The van der Waals surface area contributed by atoms with Gasteiger partial charge in [-0.25, -0.2) is 8.42 Å². The molecule has 1 heterocycles. The summed E-state index contributed by atoms with van der Waals surface area (Å²) in [5.41, 5.74) is 14.2. The highest BCUT2D eigenvalue weighted by molar-refractivity contribution is 9.10. The molecule has 142 valence electrons. The van der Waals surface area contributed by atoms with Gasteiger partial charge in [0.05, 0.1) is 11.3 Å². The normalized spacial score (nSPS) is 22.2. The third-order valence-corrected chi connectivity index (χ3v) is 7.57. The molecule has 0 spiro atoms. The van der Waals surface area contributed by atoms with Gasteiger partial charge in [-0.2, -0.15) is 5.10 Å². The van der Waals surface area contributed by atoms with Crippen LogP contribution in [0.1, 0.15) is 25.3 Å². The Bertz CT molecular complexity index is 993. The molecule has 9 heteroatoms. The first-order valence-corrected chi connectivity index (χ1v) is 10.8. The number of nitrogens with one attached hydrogen (secondary N) is 1. The largest absolute Gasteiger partial charge is 0.309 e. The zero-order chi connectivity index (χ0) is 19.5. The minimum absolute atomic E-state index is 0.119. The first kappa shape index (κ1) is 19.7. The number of rotatable bonds is 5. The highest BCUT2D eigenvalue weighted by atomic mass is 79.9. The molecule has 1 aliphatic heterocycles. The molecule has 0 aromatic heterocycles. The third kappa shape index (κ3) is 4.26. The fourth-order valence-electron chi connectivity index (χ4n) is 3.48. The number of benzene rings is 1. The van der Waals surface area contributed by atoms with E-state index in [0.717, 1.165) is 15.6 Å². The molecule has 1 aliphatic carbocycles. The predicted molar refractivity (Wildman–Crippen MR) is 110 cm³/mol. The van der Waals surface area contributed by atoms with Gasteiger partial charge in [-0.15, -0.1) is 0 Å². The minimum Gasteiger partial charge on any atom is -0.309 e. The SMILES string of the molecule is CC1(S(=O)(=O)C2=NNCC2)C=C(CN=[N+]=[N-])C=C(Cc2cccc(Br)c2)C1. The van der Waals surface area contributed by atoms with E-state index < -0.39 is 14.6 Å². The molecular formula is C18H20BrN5O2S. The smallest absolute Gasteiger partial charge is 0.202 e. The van der Waals surface area contributed by atoms with Gasteiger partial charge in [0.15, 0.2) is 5.04 Å². The van der Waals surface area contributed by atoms with Gasteiger partial charge >= 0.3 is 0 Å². The van der Waals surface area contributed by atoms with Crippen LogP contribution in [0.5, 0.6) is 0 Å². The van der Waals surface area contributed by atoms with Crippen molar-refractivity contribution < 1.29 is 8.42 Å². The molecule has 3 rings (SSSR count). The predicted octanol–water partition coefficient (Wildman–Crippen LogP) is 4.04. The maximum absolute atomic E-state index is 13.2. The van der Waals surface area contributed by atoms with Gasteiger partial charge in [0.1, 0.15) is 0 Å². The molecule has 1 atom stereocenters. The average Bonchev–Trinajstić information content (AvgIpc) is 3.15. The molecule has 2 aliphatic rings. The van der Waals surface area contributed by atoms with Crippen molar-refractivity contribution in [2.24, 2.45) is 10.2 Å². The first-order valence-electron chi connectivity index (χ1n) is 8.54. The number of hydrogen-bond donors (Lipinski definition) is 1. The molecule has 7 nitrogen and oxygen atoms in total. The number of azide groups is 1. The van der Waals surface area contributed by atoms with Gasteiger partial charge in [-0.3, -0.25) is 0 Å². The van der Waals surface area contributed by atoms with Crippen LogP contribution in [0.25, 0.3) is 10.4 Å². The van der Waals surface area contributed by atoms with Crippen LogP contribution in [-0.2, 0) is 16.3 Å². The van der Waals surface area contributed by atoms with Crippen molar-refractivity contribution in [3.63, 3.8) is 0 Å². The summed E-state index contributed by atoms with van der Waals surface area (Å²) in [5.74, 6) is 0. The zero-order valence-electron chi connectivity index (χ0n) is 14.9. The van der Waals surface area contributed by atoms with E-state index in [1.807, 2.05) is 30.3 Å². The minimum atomic E-state index is -3.63. The number of hydrazone groups is 1. The van der Waals surface area contributed by atoms with Crippen molar-refractivity contribution >= 4 is 30.8 Å². The summed E-state index contributed by atoms with van der Waals surface area (Å²) in [5, 5.41) is 7.78. The van der Waals surface area contributed by atoms with E-state index in [2.05, 4.69) is 36.5 Å². The maximum atomic E-state index is 13.2. The van der Waals surface area contributed by atoms with E-state index >= 15 is 0 Å². The number of nitrogens with zero attached hydrogens (tertiary/aromatic N) is 4. The van der Waals surface area contributed by atoms with Crippen molar-refractivity contribution in [2.45, 2.75) is 30.9 Å². The van der Waals surface area contributed by atoms with Crippen LogP contribution in [0.2, 0.25) is 0 Å². The zero-order valence-corrected chi connectivity index (χ0v) is 17.3. The quantitative estimate of drug-likeness (QED) is 0.416. The molecule has 1 N–H and O–H groups in total. The van der Waals surface area contributed by atoms with E-state index in [9.17, 15) is 8.42 Å². The van der Waals surface area contributed by atoms with Crippen LogP contribution < -0.4 is 5.43 Å². The fraction of sp³-hybridized carbons (Fsp3) is 0.389. The lowest BCUT2D eigenvalue weighted by atomic mass is 9.87. The second-order valence-electron chi connectivity index (χ2n) is 6.87. The Balaban J connectivity index is 1.97. The molecule has 1 unspecified atom stereocenters. The summed E-state index contributed by atoms with van der Waals surface area (Å²) < 4.78 is 26.3. The number of halogens is 1. The summed E-state index contributed by atoms with van der Waals surface area (Å²) in [7, 11) is -3.63. The molecule has 1 aromatic rings. The van der Waals surface area contributed by atoms with Gasteiger partial charge in [0.25, 0.3) is 0 Å². The van der Waals surface area contributed by atoms with E-state index in [1.54, 1.807) is 13.0 Å². The lowest BCUT2D eigenvalue weighted by Crippen LogP contribution is -2.40. The molecule has 0 radical (unpaired) electrons. The molecular weight excluding hydrogens is 430 g/mol. The van der Waals surface area contributed by atoms with Gasteiger partial charge in [0.2, 0.25) is 9.84 Å². The van der Waals surface area contributed by atoms with Crippen molar-refractivity contribution in [3.05, 3.63) is 68.0 Å². The Morgan fingerprint density at radius 2 is 2.26 bits per heavy atom. The highest BCUT2D eigenvalue weighted by Crippen LogP contribution is 2.36. The standard InChI is InChI=1S/C18H20BrN5O2S/c1-18(27(25,26)17-5-6-21-23-17)10-14(8-15(11-18)12-22-24-20)7-13-3-2-4-16(19)9-13/h2-4,8-9,11,21H,5-7,10,12H2,1H3. The van der Waals surface area contributed by atoms with Crippen LogP contribution in [0, 0.1) is 0 Å². The summed E-state index contributed by atoms with van der Waals surface area (Å²) in [6.45, 7) is 2.36. The second kappa shape index (κ2) is 7.88. The van der Waals surface area contributed by atoms with Crippen molar-refractivity contribution in [3.8, 4) is 0 Å². The summed E-state index contributed by atoms with van der Waals surface area (Å²) in [6.07, 6.45) is 5.05. The van der Waals surface area contributed by atoms with Crippen LogP contribution in [0.15, 0.2) is 62.3 Å². The van der Waals surface area contributed by atoms with Gasteiger partial charge in [0, 0.05) is 22.4 Å². The molecule has 0 bridgehead atoms. The summed E-state index contributed by atoms with van der Waals surface area (Å²) in [4.78, 5) is 2.80. The lowest BCUT2D eigenvalue weighted by molar-refractivity contribution is 0.568. The number of sulfone groups is 1. The lowest BCUT2D eigenvalue weighted by Gasteiger charge is -2.31. The van der Waals surface area contributed by atoms with Gasteiger partial charge in [-0.05, 0) is 48.6 Å². The van der Waals surface area contributed by atoms with E-state index in [1.165, 1.54) is 0 Å². The molecule has 0 saturated carbocycles. The number of hydrogen-bond acceptors (Lipinski definition) is 5. The average molecular weight is 450 g/mol. The Labute approximate surface area is 166 Å². The molecule has 0 amide bonds. The Morgan fingerprint density at radius 3 is 2.93 bits per heavy atom.